The van der Waals surface area contributed by atoms with Crippen molar-refractivity contribution >= 4 is 28.8 Å². The van der Waals surface area contributed by atoms with E-state index >= 15 is 0 Å². The zero-order valence-electron chi connectivity index (χ0n) is 18.9. The molecule has 0 aliphatic carbocycles. The molecule has 3 aromatic rings. The molecule has 4 rings (SSSR count). The summed E-state index contributed by atoms with van der Waals surface area (Å²) in [6.45, 7) is 7.17. The number of hydrogen-bond acceptors (Lipinski definition) is 5. The van der Waals surface area contributed by atoms with Crippen LogP contribution in [0.3, 0.4) is 0 Å². The number of aryl methyl sites for hydroxylation is 1. The molecule has 172 valence electrons. The van der Waals surface area contributed by atoms with Gasteiger partial charge in [0.05, 0.1) is 30.5 Å². The number of anilines is 2. The molecule has 3 aromatic carbocycles. The average molecular weight is 465 g/mol. The number of para-hydroxylation sites is 2. The second-order valence-corrected chi connectivity index (χ2v) is 8.52. The highest BCUT2D eigenvalue weighted by atomic mass is 35.5. The first-order valence-corrected chi connectivity index (χ1v) is 11.7. The Bertz CT molecular complexity index is 1100. The highest BCUT2D eigenvalue weighted by Crippen LogP contribution is 2.30. The number of benzene rings is 3. The van der Waals surface area contributed by atoms with Gasteiger partial charge in [-0.3, -0.25) is 9.69 Å². The lowest BCUT2D eigenvalue weighted by molar-refractivity contribution is 0.0358. The van der Waals surface area contributed by atoms with E-state index in [0.29, 0.717) is 22.8 Å². The predicted octanol–water partition coefficient (Wildman–Crippen LogP) is 5.72. The predicted molar refractivity (Wildman–Crippen MR) is 133 cm³/mol. The maximum absolute atomic E-state index is 12.9. The molecule has 0 atom stereocenters. The second kappa shape index (κ2) is 11.3. The van der Waals surface area contributed by atoms with E-state index in [4.69, 9.17) is 21.1 Å². The molecule has 1 saturated heterocycles. The van der Waals surface area contributed by atoms with Crippen LogP contribution in [-0.2, 0) is 4.74 Å². The van der Waals surface area contributed by atoms with Crippen LogP contribution in [0.5, 0.6) is 5.75 Å². The molecule has 6 heteroatoms. The Morgan fingerprint density at radius 2 is 1.79 bits per heavy atom. The number of morpholine rings is 1. The Morgan fingerprint density at radius 3 is 2.58 bits per heavy atom. The fourth-order valence-electron chi connectivity index (χ4n) is 3.90. The molecule has 1 fully saturated rings. The molecule has 0 amide bonds. The van der Waals surface area contributed by atoms with Gasteiger partial charge in [0, 0.05) is 36.4 Å². The van der Waals surface area contributed by atoms with Crippen LogP contribution in [0.15, 0.2) is 66.7 Å². The molecule has 5 nitrogen and oxygen atoms in total. The number of hydrogen-bond donors (Lipinski definition) is 1. The van der Waals surface area contributed by atoms with Crippen LogP contribution < -0.4 is 10.1 Å². The Balaban J connectivity index is 1.39. The molecule has 1 N–H and O–H groups in total. The van der Waals surface area contributed by atoms with E-state index in [0.717, 1.165) is 62.0 Å². The summed E-state index contributed by atoms with van der Waals surface area (Å²) < 4.78 is 11.5. The normalized spacial score (nSPS) is 14.1. The Hall–Kier alpha value is -2.86. The highest BCUT2D eigenvalue weighted by molar-refractivity contribution is 6.35. The van der Waals surface area contributed by atoms with E-state index in [1.807, 2.05) is 61.5 Å². The minimum Gasteiger partial charge on any atom is -0.491 e. The standard InChI is InChI=1S/C27H29ClN2O3/c1-20-7-2-3-8-22(20)27(31)23-12-11-21(19-24(23)28)29-25-9-4-5-10-26(25)33-16-6-13-30-14-17-32-18-15-30/h2-5,7-12,19,29H,6,13-18H2,1H3. The minimum absolute atomic E-state index is 0.0753. The smallest absolute Gasteiger partial charge is 0.194 e. The van der Waals surface area contributed by atoms with Crippen molar-refractivity contribution in [1.29, 1.82) is 0 Å². The van der Waals surface area contributed by atoms with Crippen molar-refractivity contribution in [2.75, 3.05) is 44.8 Å². The monoisotopic (exact) mass is 464 g/mol. The highest BCUT2D eigenvalue weighted by Gasteiger charge is 2.15. The number of ether oxygens (including phenoxy) is 2. The lowest BCUT2D eigenvalue weighted by Crippen LogP contribution is -2.37. The van der Waals surface area contributed by atoms with Crippen molar-refractivity contribution in [3.63, 3.8) is 0 Å². The third-order valence-electron chi connectivity index (χ3n) is 5.75. The van der Waals surface area contributed by atoms with Crippen molar-refractivity contribution in [3.8, 4) is 5.75 Å². The fraction of sp³-hybridized carbons (Fsp3) is 0.296. The number of rotatable bonds is 9. The number of carbonyl (C=O) groups is 1. The molecule has 0 aromatic heterocycles. The first-order valence-electron chi connectivity index (χ1n) is 11.3. The Morgan fingerprint density at radius 1 is 1.03 bits per heavy atom. The SMILES string of the molecule is Cc1ccccc1C(=O)c1ccc(Nc2ccccc2OCCCN2CCOCC2)cc1Cl. The second-order valence-electron chi connectivity index (χ2n) is 8.12. The van der Waals surface area contributed by atoms with Crippen molar-refractivity contribution in [2.45, 2.75) is 13.3 Å². The van der Waals surface area contributed by atoms with Gasteiger partial charge in [-0.25, -0.2) is 0 Å². The lowest BCUT2D eigenvalue weighted by atomic mass is 9.99. The maximum atomic E-state index is 12.9. The molecule has 0 unspecified atom stereocenters. The summed E-state index contributed by atoms with van der Waals surface area (Å²) in [5, 5.41) is 3.79. The topological polar surface area (TPSA) is 50.8 Å². The summed E-state index contributed by atoms with van der Waals surface area (Å²) in [6.07, 6.45) is 0.954. The van der Waals surface area contributed by atoms with E-state index in [-0.39, 0.29) is 5.78 Å². The molecular formula is C27H29ClN2O3. The maximum Gasteiger partial charge on any atom is 0.194 e. The number of carbonyl (C=O) groups excluding carboxylic acids is 1. The summed E-state index contributed by atoms with van der Waals surface area (Å²) in [5.74, 6) is 0.712. The van der Waals surface area contributed by atoms with Crippen molar-refractivity contribution < 1.29 is 14.3 Å². The van der Waals surface area contributed by atoms with Gasteiger partial charge in [-0.05, 0) is 49.2 Å². The van der Waals surface area contributed by atoms with Crippen LogP contribution >= 0.6 is 11.6 Å². The molecule has 0 saturated carbocycles. The van der Waals surface area contributed by atoms with Crippen LogP contribution in [0.4, 0.5) is 11.4 Å². The summed E-state index contributed by atoms with van der Waals surface area (Å²) in [5.41, 5.74) is 3.74. The average Bonchev–Trinajstić information content (AvgIpc) is 2.83. The van der Waals surface area contributed by atoms with Gasteiger partial charge in [0.15, 0.2) is 5.78 Å². The number of nitrogens with one attached hydrogen (secondary N) is 1. The largest absolute Gasteiger partial charge is 0.491 e. The van der Waals surface area contributed by atoms with E-state index in [1.54, 1.807) is 12.1 Å². The molecule has 1 aliphatic heterocycles. The number of halogens is 1. The zero-order chi connectivity index (χ0) is 23.0. The molecular weight excluding hydrogens is 436 g/mol. The van der Waals surface area contributed by atoms with Crippen LogP contribution in [0.2, 0.25) is 5.02 Å². The van der Waals surface area contributed by atoms with Gasteiger partial charge in [0.25, 0.3) is 0 Å². The Labute approximate surface area is 200 Å². The molecule has 1 heterocycles. The molecule has 0 bridgehead atoms. The first-order chi connectivity index (χ1) is 16.1. The van der Waals surface area contributed by atoms with Crippen LogP contribution in [0.25, 0.3) is 0 Å². The van der Waals surface area contributed by atoms with Crippen molar-refractivity contribution in [1.82, 2.24) is 4.90 Å². The quantitative estimate of drug-likeness (QED) is 0.324. The number of ketones is 1. The third-order valence-corrected chi connectivity index (χ3v) is 6.06. The number of nitrogens with zero attached hydrogens (tertiary/aromatic N) is 1. The van der Waals surface area contributed by atoms with E-state index in [1.165, 1.54) is 0 Å². The van der Waals surface area contributed by atoms with Gasteiger partial charge in [-0.15, -0.1) is 0 Å². The van der Waals surface area contributed by atoms with Gasteiger partial charge >= 0.3 is 0 Å². The van der Waals surface area contributed by atoms with Crippen LogP contribution in [-0.4, -0.2) is 50.1 Å². The van der Waals surface area contributed by atoms with Gasteiger partial charge < -0.3 is 14.8 Å². The first kappa shape index (κ1) is 23.3. The summed E-state index contributed by atoms with van der Waals surface area (Å²) >= 11 is 6.50. The van der Waals surface area contributed by atoms with Crippen molar-refractivity contribution in [3.05, 3.63) is 88.4 Å². The van der Waals surface area contributed by atoms with E-state index in [9.17, 15) is 4.79 Å². The molecule has 1 aliphatic rings. The Kier molecular flexibility index (Phi) is 8.00. The minimum atomic E-state index is -0.0753. The van der Waals surface area contributed by atoms with Crippen molar-refractivity contribution in [2.24, 2.45) is 0 Å². The van der Waals surface area contributed by atoms with Gasteiger partial charge in [-0.1, -0.05) is 48.0 Å². The van der Waals surface area contributed by atoms with Crippen LogP contribution in [0.1, 0.15) is 27.9 Å². The molecule has 0 spiro atoms. The zero-order valence-corrected chi connectivity index (χ0v) is 19.6. The third kappa shape index (κ3) is 6.14. The fourth-order valence-corrected chi connectivity index (χ4v) is 4.16. The lowest BCUT2D eigenvalue weighted by Gasteiger charge is -2.26. The van der Waals surface area contributed by atoms with Gasteiger partial charge in [0.1, 0.15) is 5.75 Å². The summed E-state index contributed by atoms with van der Waals surface area (Å²) in [7, 11) is 0. The molecule has 33 heavy (non-hydrogen) atoms. The van der Waals surface area contributed by atoms with E-state index < -0.39 is 0 Å². The summed E-state index contributed by atoms with van der Waals surface area (Å²) in [6, 6.07) is 20.8. The van der Waals surface area contributed by atoms with Crippen LogP contribution in [0, 0.1) is 6.92 Å². The molecule has 0 radical (unpaired) electrons. The summed E-state index contributed by atoms with van der Waals surface area (Å²) in [4.78, 5) is 15.3. The van der Waals surface area contributed by atoms with Gasteiger partial charge in [0.2, 0.25) is 0 Å². The van der Waals surface area contributed by atoms with Gasteiger partial charge in [-0.2, -0.15) is 0 Å². The van der Waals surface area contributed by atoms with E-state index in [2.05, 4.69) is 10.2 Å².